The standard InChI is InChI=1S/C33H36F3N5O3S/c1-32(2,30(43)37-26-12-14-27(15-13-26)39-16-18-44-19-17-39)41(20-23-8-10-25(11-9-23)33(34,35)36)29(42)22-40-21-28(38-31(40)45)24-6-4-3-5-7-24/h3-15,28H,16-22H2,1-2H3,(H,37,43)(H,38,45)/t28-/m1/s1. The van der Waals surface area contributed by atoms with E-state index in [1.54, 1.807) is 30.9 Å². The molecule has 2 heterocycles. The van der Waals surface area contributed by atoms with Crippen molar-refractivity contribution in [3.05, 3.63) is 95.6 Å². The number of hydrogen-bond donors (Lipinski definition) is 2. The highest BCUT2D eigenvalue weighted by atomic mass is 32.1. The average Bonchev–Trinajstić information content (AvgIpc) is 3.40. The van der Waals surface area contributed by atoms with Gasteiger partial charge in [0.1, 0.15) is 5.54 Å². The number of ether oxygens (including phenoxy) is 1. The van der Waals surface area contributed by atoms with E-state index in [4.69, 9.17) is 17.0 Å². The van der Waals surface area contributed by atoms with Gasteiger partial charge < -0.3 is 30.1 Å². The van der Waals surface area contributed by atoms with Crippen molar-refractivity contribution >= 4 is 40.5 Å². The third-order valence-corrected chi connectivity index (χ3v) is 8.55. The summed E-state index contributed by atoms with van der Waals surface area (Å²) in [5.74, 6) is -0.832. The van der Waals surface area contributed by atoms with Crippen LogP contribution in [0.1, 0.15) is 36.6 Å². The molecule has 0 spiro atoms. The number of alkyl halides is 3. The zero-order valence-corrected chi connectivity index (χ0v) is 26.0. The molecule has 45 heavy (non-hydrogen) atoms. The molecule has 12 heteroatoms. The Bertz CT molecular complexity index is 1490. The number of nitrogens with one attached hydrogen (secondary N) is 2. The number of rotatable bonds is 9. The second-order valence-corrected chi connectivity index (χ2v) is 12.0. The minimum absolute atomic E-state index is 0.0799. The molecule has 3 aromatic carbocycles. The molecule has 0 aromatic heterocycles. The van der Waals surface area contributed by atoms with Gasteiger partial charge in [-0.05, 0) is 73.6 Å². The first-order valence-electron chi connectivity index (χ1n) is 14.7. The van der Waals surface area contributed by atoms with Gasteiger partial charge in [0.15, 0.2) is 5.11 Å². The van der Waals surface area contributed by atoms with Gasteiger partial charge >= 0.3 is 6.18 Å². The number of anilines is 2. The molecule has 2 N–H and O–H groups in total. The summed E-state index contributed by atoms with van der Waals surface area (Å²) in [6.45, 7) is 6.37. The van der Waals surface area contributed by atoms with Crippen LogP contribution >= 0.6 is 12.2 Å². The predicted octanol–water partition coefficient (Wildman–Crippen LogP) is 5.22. The Hall–Kier alpha value is -4.16. The number of morpholine rings is 1. The number of carbonyl (C=O) groups excluding carboxylic acids is 2. The number of benzene rings is 3. The van der Waals surface area contributed by atoms with Crippen LogP contribution in [0, 0.1) is 0 Å². The van der Waals surface area contributed by atoms with Gasteiger partial charge in [-0.15, -0.1) is 0 Å². The summed E-state index contributed by atoms with van der Waals surface area (Å²) in [5.41, 5.74) is 0.881. The molecule has 238 valence electrons. The minimum Gasteiger partial charge on any atom is -0.378 e. The number of amides is 2. The lowest BCUT2D eigenvalue weighted by molar-refractivity contribution is -0.144. The summed E-state index contributed by atoms with van der Waals surface area (Å²) in [6, 6.07) is 21.7. The lowest BCUT2D eigenvalue weighted by Crippen LogP contribution is -2.57. The van der Waals surface area contributed by atoms with Crippen LogP contribution in [0.5, 0.6) is 0 Å². The van der Waals surface area contributed by atoms with Crippen LogP contribution in [-0.2, 0) is 27.0 Å². The summed E-state index contributed by atoms with van der Waals surface area (Å²) in [5, 5.41) is 6.58. The Kier molecular flexibility index (Phi) is 9.64. The maximum atomic E-state index is 14.0. The van der Waals surface area contributed by atoms with Crippen molar-refractivity contribution in [3.63, 3.8) is 0 Å². The molecule has 0 aliphatic carbocycles. The predicted molar refractivity (Wildman–Crippen MR) is 171 cm³/mol. The molecule has 3 aromatic rings. The average molecular weight is 640 g/mol. The number of halogens is 3. The molecule has 2 aliphatic rings. The Morgan fingerprint density at radius 1 is 0.978 bits per heavy atom. The van der Waals surface area contributed by atoms with Gasteiger partial charge in [0, 0.05) is 37.6 Å². The number of thiocarbonyl (C=S) groups is 1. The highest BCUT2D eigenvalue weighted by Gasteiger charge is 2.40. The molecular formula is C33H36F3N5O3S. The van der Waals surface area contributed by atoms with Gasteiger partial charge in [0.05, 0.1) is 31.4 Å². The minimum atomic E-state index is -4.49. The Balaban J connectivity index is 1.34. The molecule has 8 nitrogen and oxygen atoms in total. The second kappa shape index (κ2) is 13.5. The molecule has 0 saturated carbocycles. The molecule has 2 aliphatic heterocycles. The van der Waals surface area contributed by atoms with E-state index in [2.05, 4.69) is 15.5 Å². The maximum Gasteiger partial charge on any atom is 0.416 e. The number of nitrogens with zero attached hydrogens (tertiary/aromatic N) is 3. The van der Waals surface area contributed by atoms with Crippen LogP contribution < -0.4 is 15.5 Å². The van der Waals surface area contributed by atoms with E-state index >= 15 is 0 Å². The lowest BCUT2D eigenvalue weighted by Gasteiger charge is -2.38. The first-order chi connectivity index (χ1) is 21.4. The van der Waals surface area contributed by atoms with Crippen molar-refractivity contribution in [2.45, 2.75) is 38.1 Å². The number of hydrogen-bond acceptors (Lipinski definition) is 5. The third-order valence-electron chi connectivity index (χ3n) is 8.17. The molecule has 5 rings (SSSR count). The van der Waals surface area contributed by atoms with E-state index in [1.807, 2.05) is 42.5 Å². The highest BCUT2D eigenvalue weighted by molar-refractivity contribution is 7.80. The van der Waals surface area contributed by atoms with Crippen molar-refractivity contribution in [1.82, 2.24) is 15.1 Å². The van der Waals surface area contributed by atoms with Crippen LogP contribution in [-0.4, -0.2) is 71.7 Å². The van der Waals surface area contributed by atoms with Gasteiger partial charge in [-0.1, -0.05) is 42.5 Å². The quantitative estimate of drug-likeness (QED) is 0.311. The SMILES string of the molecule is CC(C)(C(=O)Nc1ccc(N2CCOCC2)cc1)N(Cc1ccc(C(F)(F)F)cc1)C(=O)CN1C[C@H](c2ccccc2)NC1=S. The fourth-order valence-electron chi connectivity index (χ4n) is 5.41. The van der Waals surface area contributed by atoms with Crippen LogP contribution in [0.3, 0.4) is 0 Å². The molecule has 0 bridgehead atoms. The van der Waals surface area contributed by atoms with Crippen molar-refractivity contribution in [1.29, 1.82) is 0 Å². The zero-order chi connectivity index (χ0) is 32.2. The molecule has 0 unspecified atom stereocenters. The van der Waals surface area contributed by atoms with Crippen molar-refractivity contribution in [2.24, 2.45) is 0 Å². The fraction of sp³-hybridized carbons (Fsp3) is 0.364. The van der Waals surface area contributed by atoms with E-state index in [0.29, 0.717) is 36.1 Å². The first kappa shape index (κ1) is 32.2. The van der Waals surface area contributed by atoms with Crippen LogP contribution in [0.2, 0.25) is 0 Å². The third kappa shape index (κ3) is 7.74. The summed E-state index contributed by atoms with van der Waals surface area (Å²) in [7, 11) is 0. The molecule has 2 saturated heterocycles. The summed E-state index contributed by atoms with van der Waals surface area (Å²) in [6.07, 6.45) is -4.49. The first-order valence-corrected chi connectivity index (χ1v) is 15.1. The van der Waals surface area contributed by atoms with Gasteiger partial charge in [-0.2, -0.15) is 13.2 Å². The molecule has 2 fully saturated rings. The van der Waals surface area contributed by atoms with Crippen LogP contribution in [0.25, 0.3) is 0 Å². The van der Waals surface area contributed by atoms with Crippen molar-refractivity contribution < 1.29 is 27.5 Å². The lowest BCUT2D eigenvalue weighted by atomic mass is 9.99. The van der Waals surface area contributed by atoms with Crippen LogP contribution in [0.15, 0.2) is 78.9 Å². The van der Waals surface area contributed by atoms with E-state index in [1.165, 1.54) is 17.0 Å². The monoisotopic (exact) mass is 639 g/mol. The summed E-state index contributed by atoms with van der Waals surface area (Å²) >= 11 is 5.54. The van der Waals surface area contributed by atoms with E-state index in [-0.39, 0.29) is 19.1 Å². The van der Waals surface area contributed by atoms with Gasteiger partial charge in [0.25, 0.3) is 0 Å². The van der Waals surface area contributed by atoms with Gasteiger partial charge in [-0.25, -0.2) is 0 Å². The fourth-order valence-corrected chi connectivity index (χ4v) is 5.69. The zero-order valence-electron chi connectivity index (χ0n) is 25.1. The number of carbonyl (C=O) groups is 2. The Morgan fingerprint density at radius 3 is 2.24 bits per heavy atom. The van der Waals surface area contributed by atoms with E-state index in [9.17, 15) is 22.8 Å². The Labute approximate surface area is 266 Å². The van der Waals surface area contributed by atoms with Crippen molar-refractivity contribution in [2.75, 3.05) is 49.6 Å². The van der Waals surface area contributed by atoms with Crippen molar-refractivity contribution in [3.8, 4) is 0 Å². The highest BCUT2D eigenvalue weighted by Crippen LogP contribution is 2.30. The molecule has 1 atom stereocenters. The summed E-state index contributed by atoms with van der Waals surface area (Å²) in [4.78, 5) is 33.0. The molecule has 0 radical (unpaired) electrons. The maximum absolute atomic E-state index is 14.0. The Morgan fingerprint density at radius 2 is 1.62 bits per heavy atom. The molecular weight excluding hydrogens is 603 g/mol. The summed E-state index contributed by atoms with van der Waals surface area (Å²) < 4.78 is 45.1. The van der Waals surface area contributed by atoms with Crippen LogP contribution in [0.4, 0.5) is 24.5 Å². The largest absolute Gasteiger partial charge is 0.416 e. The van der Waals surface area contributed by atoms with E-state index in [0.717, 1.165) is 36.5 Å². The van der Waals surface area contributed by atoms with E-state index < -0.39 is 29.1 Å². The normalized spacial score (nSPS) is 17.2. The van der Waals surface area contributed by atoms with Gasteiger partial charge in [-0.3, -0.25) is 9.59 Å². The second-order valence-electron chi connectivity index (χ2n) is 11.6. The topological polar surface area (TPSA) is 77.2 Å². The van der Waals surface area contributed by atoms with Gasteiger partial charge in [0.2, 0.25) is 11.8 Å². The molecule has 2 amide bonds. The smallest absolute Gasteiger partial charge is 0.378 e.